The molecule has 0 fully saturated rings. The average Bonchev–Trinajstić information content (AvgIpc) is 3.88. The number of fused-ring (bicyclic) bond motifs is 12. The molecule has 0 N–H and O–H groups in total. The van der Waals surface area contributed by atoms with Crippen molar-refractivity contribution in [1.29, 1.82) is 0 Å². The van der Waals surface area contributed by atoms with Crippen LogP contribution in [0.1, 0.15) is 103 Å². The number of rotatable bonds is 3. The van der Waals surface area contributed by atoms with Crippen LogP contribution in [-0.2, 0) is 21.7 Å². The largest absolute Gasteiger partial charge is 0.456 e. The van der Waals surface area contributed by atoms with E-state index >= 15 is 0 Å². The first-order valence-electron chi connectivity index (χ1n) is 21.2. The van der Waals surface area contributed by atoms with Crippen molar-refractivity contribution in [3.05, 3.63) is 161 Å². The molecule has 2 nitrogen and oxygen atoms in total. The summed E-state index contributed by atoms with van der Waals surface area (Å²) in [5.41, 5.74) is 18.3. The van der Waals surface area contributed by atoms with Crippen LogP contribution >= 0.6 is 11.3 Å². The molecule has 0 saturated carbocycles. The molecule has 9 aromatic rings. The fourth-order valence-electron chi connectivity index (χ4n) is 10.5. The fourth-order valence-corrected chi connectivity index (χ4v) is 11.6. The molecule has 2 aliphatic rings. The second-order valence-electron chi connectivity index (χ2n) is 20.2. The van der Waals surface area contributed by atoms with Gasteiger partial charge in [-0.05, 0) is 115 Å². The topological polar surface area (TPSA) is 16.4 Å². The number of furan rings is 1. The SMILES string of the molecule is CC(C)(C)c1cc(C(C)(C)C)c2oc3cc4c(cc3c2c1)C(C)(C)c1c-4cccc1N(c1ccc2c(c1)C(C)(C)c1ccccc1-2)c1ccc2c(c1)sc1ccccc12. The number of hydrogen-bond acceptors (Lipinski definition) is 3. The van der Waals surface area contributed by atoms with E-state index < -0.39 is 0 Å². The third-order valence-electron chi connectivity index (χ3n) is 13.7. The van der Waals surface area contributed by atoms with Gasteiger partial charge in [0.25, 0.3) is 0 Å². The Bertz CT molecular complexity index is 3240. The first-order valence-corrected chi connectivity index (χ1v) is 22.0. The second-order valence-corrected chi connectivity index (χ2v) is 21.3. The Morgan fingerprint density at radius 3 is 1.97 bits per heavy atom. The number of anilines is 3. The number of benzene rings is 7. The van der Waals surface area contributed by atoms with Crippen molar-refractivity contribution >= 4 is 70.5 Å². The number of hydrogen-bond donors (Lipinski definition) is 0. The van der Waals surface area contributed by atoms with E-state index in [9.17, 15) is 0 Å². The lowest BCUT2D eigenvalue weighted by Gasteiger charge is -2.33. The lowest BCUT2D eigenvalue weighted by Crippen LogP contribution is -2.21. The fraction of sp³-hybridized carbons (Fsp3) is 0.250. The summed E-state index contributed by atoms with van der Waals surface area (Å²) in [6, 6.07) is 48.5. The van der Waals surface area contributed by atoms with Crippen molar-refractivity contribution in [2.24, 2.45) is 0 Å². The summed E-state index contributed by atoms with van der Waals surface area (Å²) in [6.45, 7) is 23.4. The van der Waals surface area contributed by atoms with Crippen LogP contribution in [0.3, 0.4) is 0 Å². The highest BCUT2D eigenvalue weighted by molar-refractivity contribution is 7.25. The minimum Gasteiger partial charge on any atom is -0.456 e. The van der Waals surface area contributed by atoms with E-state index in [-0.39, 0.29) is 21.7 Å². The molecule has 2 aliphatic carbocycles. The smallest absolute Gasteiger partial charge is 0.139 e. The molecule has 11 rings (SSSR count). The van der Waals surface area contributed by atoms with Crippen molar-refractivity contribution in [1.82, 2.24) is 0 Å². The van der Waals surface area contributed by atoms with Crippen LogP contribution in [0.25, 0.3) is 64.4 Å². The van der Waals surface area contributed by atoms with Crippen molar-refractivity contribution in [3.63, 3.8) is 0 Å². The van der Waals surface area contributed by atoms with Crippen molar-refractivity contribution < 1.29 is 4.42 Å². The Morgan fingerprint density at radius 2 is 1.17 bits per heavy atom. The summed E-state index contributed by atoms with van der Waals surface area (Å²) in [5.74, 6) is 0. The van der Waals surface area contributed by atoms with E-state index in [2.05, 4.69) is 202 Å². The third kappa shape index (κ3) is 5.16. The van der Waals surface area contributed by atoms with Gasteiger partial charge in [-0.1, -0.05) is 142 Å². The monoisotopic (exact) mass is 785 g/mol. The van der Waals surface area contributed by atoms with Crippen LogP contribution in [0.15, 0.2) is 132 Å². The van der Waals surface area contributed by atoms with Gasteiger partial charge in [0.1, 0.15) is 11.2 Å². The van der Waals surface area contributed by atoms with E-state index in [0.717, 1.165) is 11.2 Å². The van der Waals surface area contributed by atoms with E-state index in [1.807, 2.05) is 11.3 Å². The van der Waals surface area contributed by atoms with E-state index in [0.29, 0.717) is 0 Å². The highest BCUT2D eigenvalue weighted by Crippen LogP contribution is 2.57. The van der Waals surface area contributed by atoms with Gasteiger partial charge in [0.15, 0.2) is 0 Å². The van der Waals surface area contributed by atoms with Gasteiger partial charge in [0, 0.05) is 58.7 Å². The summed E-state index contributed by atoms with van der Waals surface area (Å²) < 4.78 is 9.57. The Kier molecular flexibility index (Phi) is 7.40. The Hall–Kier alpha value is -5.64. The van der Waals surface area contributed by atoms with Crippen LogP contribution in [0.5, 0.6) is 0 Å². The van der Waals surface area contributed by atoms with Crippen molar-refractivity contribution in [3.8, 4) is 22.3 Å². The molecule has 0 spiro atoms. The molecule has 292 valence electrons. The van der Waals surface area contributed by atoms with E-state index in [4.69, 9.17) is 4.42 Å². The first-order chi connectivity index (χ1) is 28.0. The summed E-state index contributed by atoms with van der Waals surface area (Å²) in [4.78, 5) is 2.54. The average molecular weight is 786 g/mol. The third-order valence-corrected chi connectivity index (χ3v) is 14.8. The van der Waals surface area contributed by atoms with Crippen LogP contribution in [0.2, 0.25) is 0 Å². The molecule has 0 atom stereocenters. The first kappa shape index (κ1) is 36.4. The molecule has 0 aliphatic heterocycles. The molecule has 2 aromatic heterocycles. The Balaban J connectivity index is 1.15. The Morgan fingerprint density at radius 1 is 0.492 bits per heavy atom. The molecule has 59 heavy (non-hydrogen) atoms. The quantitative estimate of drug-likeness (QED) is 0.177. The lowest BCUT2D eigenvalue weighted by atomic mass is 9.79. The normalized spacial score (nSPS) is 15.2. The lowest BCUT2D eigenvalue weighted by molar-refractivity contribution is 0.559. The van der Waals surface area contributed by atoms with Crippen LogP contribution in [-0.4, -0.2) is 0 Å². The summed E-state index contributed by atoms with van der Waals surface area (Å²) in [5, 5.41) is 5.04. The van der Waals surface area contributed by atoms with Gasteiger partial charge in [0.2, 0.25) is 0 Å². The highest BCUT2D eigenvalue weighted by atomic mass is 32.1. The predicted molar refractivity (Wildman–Crippen MR) is 254 cm³/mol. The van der Waals surface area contributed by atoms with Gasteiger partial charge < -0.3 is 9.32 Å². The summed E-state index contributed by atoms with van der Waals surface area (Å²) >= 11 is 1.88. The molecule has 0 unspecified atom stereocenters. The summed E-state index contributed by atoms with van der Waals surface area (Å²) in [7, 11) is 0. The number of nitrogens with zero attached hydrogens (tertiary/aromatic N) is 1. The van der Waals surface area contributed by atoms with Crippen LogP contribution < -0.4 is 4.90 Å². The molecule has 0 saturated heterocycles. The second kappa shape index (κ2) is 12.0. The van der Waals surface area contributed by atoms with Crippen LogP contribution in [0.4, 0.5) is 17.1 Å². The maximum Gasteiger partial charge on any atom is 0.139 e. The van der Waals surface area contributed by atoms with Gasteiger partial charge in [-0.3, -0.25) is 0 Å². The molecule has 0 amide bonds. The summed E-state index contributed by atoms with van der Waals surface area (Å²) in [6.07, 6.45) is 0. The molecular formula is C56H51NOS. The molecule has 2 heterocycles. The highest BCUT2D eigenvalue weighted by Gasteiger charge is 2.41. The molecule has 3 heteroatoms. The molecule has 0 bridgehead atoms. The molecule has 0 radical (unpaired) electrons. The van der Waals surface area contributed by atoms with Crippen molar-refractivity contribution in [2.75, 3.05) is 4.90 Å². The van der Waals surface area contributed by atoms with Gasteiger partial charge in [-0.25, -0.2) is 0 Å². The van der Waals surface area contributed by atoms with E-state index in [1.54, 1.807) is 0 Å². The van der Waals surface area contributed by atoms with Crippen molar-refractivity contribution in [2.45, 2.75) is 90.9 Å². The zero-order valence-electron chi connectivity index (χ0n) is 35.9. The van der Waals surface area contributed by atoms with Gasteiger partial charge in [-0.2, -0.15) is 0 Å². The standard InChI is InChI=1S/C56H51NOS/c1-53(2,3)32-26-42-41-30-45-40(31-48(41)58-52(42)46(27-32)54(4,5)6)39-18-15-20-47(51(39)56(45,9)10)57(34-23-25-38-37-17-12-14-21-49(37)59-50(38)29-34)33-22-24-36-35-16-11-13-19-43(35)55(7,8)44(36)28-33/h11-31H,1-10H3. The molecule has 7 aromatic carbocycles. The zero-order valence-corrected chi connectivity index (χ0v) is 36.7. The van der Waals surface area contributed by atoms with Gasteiger partial charge in [0.05, 0.1) is 5.69 Å². The molecular weight excluding hydrogens is 735 g/mol. The minimum absolute atomic E-state index is 0.0107. The predicted octanol–water partition coefficient (Wildman–Crippen LogP) is 16.6. The maximum absolute atomic E-state index is 6.95. The maximum atomic E-state index is 6.95. The van der Waals surface area contributed by atoms with Gasteiger partial charge >= 0.3 is 0 Å². The Labute approximate surface area is 352 Å². The zero-order chi connectivity index (χ0) is 41.0. The van der Waals surface area contributed by atoms with Gasteiger partial charge in [-0.15, -0.1) is 11.3 Å². The minimum atomic E-state index is -0.292. The van der Waals surface area contributed by atoms with E-state index in [1.165, 1.54) is 104 Å². The number of thiophene rings is 1. The van der Waals surface area contributed by atoms with Crippen LogP contribution in [0, 0.1) is 0 Å².